The summed E-state index contributed by atoms with van der Waals surface area (Å²) >= 11 is 4.55. The summed E-state index contributed by atoms with van der Waals surface area (Å²) in [6.07, 6.45) is 1.94. The van der Waals surface area contributed by atoms with Crippen molar-refractivity contribution in [2.75, 3.05) is 5.75 Å². The third-order valence-electron chi connectivity index (χ3n) is 6.96. The summed E-state index contributed by atoms with van der Waals surface area (Å²) in [7, 11) is -3.86. The van der Waals surface area contributed by atoms with E-state index < -0.39 is 15.6 Å². The second-order valence-electron chi connectivity index (χ2n) is 9.91. The number of aromatic amines is 1. The molecule has 0 saturated carbocycles. The number of hydrogen-bond acceptors (Lipinski definition) is 8. The summed E-state index contributed by atoms with van der Waals surface area (Å²) < 4.78 is 25.6. The van der Waals surface area contributed by atoms with Crippen molar-refractivity contribution >= 4 is 60.4 Å². The van der Waals surface area contributed by atoms with Crippen LogP contribution in [0.5, 0.6) is 0 Å². The van der Waals surface area contributed by atoms with Crippen LogP contribution in [0.1, 0.15) is 29.2 Å². The van der Waals surface area contributed by atoms with Gasteiger partial charge in [-0.3, -0.25) is 9.59 Å². The van der Waals surface area contributed by atoms with Gasteiger partial charge < -0.3 is 4.98 Å². The summed E-state index contributed by atoms with van der Waals surface area (Å²) in [6.45, 7) is 2.01. The van der Waals surface area contributed by atoms with E-state index in [-0.39, 0.29) is 38.8 Å². The van der Waals surface area contributed by atoms with Gasteiger partial charge in [-0.25, -0.2) is 28.2 Å². The number of thioether (sulfide) groups is 1. The minimum atomic E-state index is -3.86. The van der Waals surface area contributed by atoms with Crippen molar-refractivity contribution in [1.82, 2.24) is 24.8 Å². The van der Waals surface area contributed by atoms with Gasteiger partial charge in [-0.2, -0.15) is 10.2 Å². The molecule has 5 aromatic rings. The van der Waals surface area contributed by atoms with Gasteiger partial charge in [0.15, 0.2) is 10.8 Å². The van der Waals surface area contributed by atoms with Crippen LogP contribution in [-0.2, 0) is 14.8 Å². The first-order valence-corrected chi connectivity index (χ1v) is 16.4. The molecule has 0 saturated heterocycles. The van der Waals surface area contributed by atoms with Gasteiger partial charge in [0.1, 0.15) is 5.39 Å². The molecule has 2 aromatic heterocycles. The molecular formula is C29H24BrN7O4S2. The van der Waals surface area contributed by atoms with E-state index >= 15 is 0 Å². The SMILES string of the molecule is Cc1ccc(C2CC(c3ccc(Br)cc3)=NN2C(=O)CSc2nc3c(cnn3-c3ccc(S(N)(=O)=O)cc3)c(=O)[nH]2)cc1. The topological polar surface area (TPSA) is 156 Å². The highest BCUT2D eigenvalue weighted by molar-refractivity contribution is 9.10. The number of nitrogens with zero attached hydrogens (tertiary/aromatic N) is 5. The maximum absolute atomic E-state index is 13.6. The van der Waals surface area contributed by atoms with Crippen molar-refractivity contribution in [1.29, 1.82) is 0 Å². The summed E-state index contributed by atoms with van der Waals surface area (Å²) in [5.41, 5.74) is 4.17. The lowest BCUT2D eigenvalue weighted by Gasteiger charge is -2.22. The zero-order chi connectivity index (χ0) is 30.3. The second-order valence-corrected chi connectivity index (χ2v) is 13.4. The molecule has 0 spiro atoms. The number of nitrogens with one attached hydrogen (secondary N) is 1. The molecule has 218 valence electrons. The molecule has 1 aliphatic heterocycles. The van der Waals surface area contributed by atoms with Crippen molar-refractivity contribution in [2.24, 2.45) is 10.2 Å². The van der Waals surface area contributed by atoms with Crippen LogP contribution in [0.2, 0.25) is 0 Å². The van der Waals surface area contributed by atoms with E-state index in [1.807, 2.05) is 55.5 Å². The number of rotatable bonds is 7. The highest BCUT2D eigenvalue weighted by Crippen LogP contribution is 2.34. The number of hydrazone groups is 1. The fraction of sp³-hybridized carbons (Fsp3) is 0.138. The van der Waals surface area contributed by atoms with E-state index in [2.05, 4.69) is 31.0 Å². The van der Waals surface area contributed by atoms with Gasteiger partial charge in [0.25, 0.3) is 11.5 Å². The molecule has 1 amide bonds. The van der Waals surface area contributed by atoms with E-state index in [0.717, 1.165) is 38.6 Å². The second kappa shape index (κ2) is 11.5. The molecule has 0 fully saturated rings. The number of halogens is 1. The van der Waals surface area contributed by atoms with Gasteiger partial charge in [-0.1, -0.05) is 69.7 Å². The molecule has 43 heavy (non-hydrogen) atoms. The summed E-state index contributed by atoms with van der Waals surface area (Å²) in [5, 5.41) is 16.2. The number of sulfonamides is 1. The number of primary sulfonamides is 1. The van der Waals surface area contributed by atoms with E-state index in [4.69, 9.17) is 10.2 Å². The van der Waals surface area contributed by atoms with E-state index in [1.165, 1.54) is 40.2 Å². The Morgan fingerprint density at radius 2 is 1.77 bits per heavy atom. The highest BCUT2D eigenvalue weighted by Gasteiger charge is 2.33. The van der Waals surface area contributed by atoms with Crippen LogP contribution in [0, 0.1) is 6.92 Å². The third-order valence-corrected chi connectivity index (χ3v) is 9.28. The molecule has 1 unspecified atom stereocenters. The Labute approximate surface area is 259 Å². The lowest BCUT2D eigenvalue weighted by molar-refractivity contribution is -0.130. The van der Waals surface area contributed by atoms with Crippen molar-refractivity contribution in [2.45, 2.75) is 29.4 Å². The van der Waals surface area contributed by atoms with E-state index in [1.54, 1.807) is 0 Å². The van der Waals surface area contributed by atoms with Crippen LogP contribution in [-0.4, -0.2) is 50.5 Å². The molecule has 11 nitrogen and oxygen atoms in total. The molecule has 1 aliphatic rings. The Kier molecular flexibility index (Phi) is 7.77. The number of fused-ring (bicyclic) bond motifs is 1. The van der Waals surface area contributed by atoms with E-state index in [0.29, 0.717) is 12.1 Å². The number of amides is 1. The standard InChI is InChI=1S/C29H24BrN7O4S2/c1-17-2-4-19(5-3-17)25-14-24(18-6-8-20(30)9-7-18)35-37(25)26(38)16-42-29-33-27-23(28(39)34-29)15-32-36(27)21-10-12-22(13-11-21)43(31,40)41/h2-13,15,25H,14,16H2,1H3,(H2,31,40,41)(H,33,34,39). The normalized spacial score (nSPS) is 15.2. The Bertz CT molecular complexity index is 2040. The zero-order valence-electron chi connectivity index (χ0n) is 22.6. The molecule has 0 radical (unpaired) electrons. The number of aryl methyl sites for hydroxylation is 1. The fourth-order valence-electron chi connectivity index (χ4n) is 4.73. The number of benzene rings is 3. The van der Waals surface area contributed by atoms with Gasteiger partial charge in [-0.05, 0) is 54.4 Å². The van der Waals surface area contributed by atoms with Gasteiger partial charge >= 0.3 is 0 Å². The van der Waals surface area contributed by atoms with Crippen LogP contribution in [0.3, 0.4) is 0 Å². The highest BCUT2D eigenvalue weighted by atomic mass is 79.9. The molecule has 0 bridgehead atoms. The summed E-state index contributed by atoms with van der Waals surface area (Å²) in [6, 6.07) is 21.3. The number of carbonyl (C=O) groups is 1. The molecule has 6 rings (SSSR count). The number of H-pyrrole nitrogens is 1. The minimum Gasteiger partial charge on any atom is -0.301 e. The number of aromatic nitrogens is 4. The average molecular weight is 679 g/mol. The summed E-state index contributed by atoms with van der Waals surface area (Å²) in [5.74, 6) is -0.261. The Balaban J connectivity index is 1.27. The predicted molar refractivity (Wildman–Crippen MR) is 168 cm³/mol. The molecule has 3 N–H and O–H groups in total. The Morgan fingerprint density at radius 1 is 1.07 bits per heavy atom. The van der Waals surface area contributed by atoms with Crippen LogP contribution in [0.25, 0.3) is 16.7 Å². The first-order chi connectivity index (χ1) is 20.6. The monoisotopic (exact) mass is 677 g/mol. The van der Waals surface area contributed by atoms with Gasteiger partial charge in [-0.15, -0.1) is 0 Å². The van der Waals surface area contributed by atoms with Crippen LogP contribution in [0.15, 0.2) is 103 Å². The van der Waals surface area contributed by atoms with Crippen molar-refractivity contribution in [3.63, 3.8) is 0 Å². The maximum atomic E-state index is 13.6. The van der Waals surface area contributed by atoms with Crippen LogP contribution in [0.4, 0.5) is 0 Å². The molecule has 1 atom stereocenters. The lowest BCUT2D eigenvalue weighted by Crippen LogP contribution is -2.28. The quantitative estimate of drug-likeness (QED) is 0.192. The molecule has 3 aromatic carbocycles. The van der Waals surface area contributed by atoms with Gasteiger partial charge in [0.05, 0.1) is 34.3 Å². The zero-order valence-corrected chi connectivity index (χ0v) is 25.9. The first-order valence-electron chi connectivity index (χ1n) is 13.0. The van der Waals surface area contributed by atoms with Crippen molar-refractivity contribution in [3.05, 3.63) is 111 Å². The van der Waals surface area contributed by atoms with Gasteiger partial charge in [0.2, 0.25) is 10.0 Å². The summed E-state index contributed by atoms with van der Waals surface area (Å²) in [4.78, 5) is 33.7. The predicted octanol–water partition coefficient (Wildman–Crippen LogP) is 4.30. The number of nitrogens with two attached hydrogens (primary N) is 1. The number of hydrogen-bond donors (Lipinski definition) is 2. The molecule has 3 heterocycles. The Morgan fingerprint density at radius 3 is 2.44 bits per heavy atom. The van der Waals surface area contributed by atoms with Gasteiger partial charge in [0, 0.05) is 10.9 Å². The van der Waals surface area contributed by atoms with Crippen LogP contribution < -0.4 is 10.7 Å². The molecule has 0 aliphatic carbocycles. The largest absolute Gasteiger partial charge is 0.301 e. The molecule has 14 heteroatoms. The first kappa shape index (κ1) is 29.0. The van der Waals surface area contributed by atoms with Crippen molar-refractivity contribution < 1.29 is 13.2 Å². The Hall–Kier alpha value is -4.11. The fourth-order valence-corrected chi connectivity index (χ4v) is 6.22. The average Bonchev–Trinajstić information content (AvgIpc) is 3.62. The van der Waals surface area contributed by atoms with E-state index in [9.17, 15) is 18.0 Å². The maximum Gasteiger partial charge on any atom is 0.262 e. The molecular weight excluding hydrogens is 654 g/mol. The van der Waals surface area contributed by atoms with Crippen molar-refractivity contribution in [3.8, 4) is 5.69 Å². The smallest absolute Gasteiger partial charge is 0.262 e. The minimum absolute atomic E-state index is 0.0227. The lowest BCUT2D eigenvalue weighted by atomic mass is 9.98. The number of carbonyl (C=O) groups excluding carboxylic acids is 1. The third kappa shape index (κ3) is 6.04. The van der Waals surface area contributed by atoms with Crippen LogP contribution >= 0.6 is 27.7 Å².